The predicted octanol–water partition coefficient (Wildman–Crippen LogP) is 2.07. The van der Waals surface area contributed by atoms with Gasteiger partial charge in [-0.3, -0.25) is 9.59 Å². The highest BCUT2D eigenvalue weighted by Crippen LogP contribution is 2.14. The smallest absolute Gasteiger partial charge is 0.359 e. The van der Waals surface area contributed by atoms with E-state index in [1.807, 2.05) is 0 Å². The molecule has 0 atom stereocenters. The van der Waals surface area contributed by atoms with Crippen LogP contribution in [0.15, 0.2) is 53.3 Å². The van der Waals surface area contributed by atoms with Gasteiger partial charge in [-0.25, -0.2) is 13.9 Å². The van der Waals surface area contributed by atoms with Crippen LogP contribution < -0.4 is 10.9 Å². The van der Waals surface area contributed by atoms with Gasteiger partial charge in [0.25, 0.3) is 11.5 Å². The van der Waals surface area contributed by atoms with Gasteiger partial charge in [0.15, 0.2) is 12.3 Å². The lowest BCUT2D eigenvalue weighted by Gasteiger charge is -2.10. The normalized spacial score (nSPS) is 10.7. The third kappa shape index (κ3) is 4.84. The minimum Gasteiger partial charge on any atom is -0.451 e. The van der Waals surface area contributed by atoms with E-state index < -0.39 is 18.5 Å². The molecular formula is C21H20FN3O4. The van der Waals surface area contributed by atoms with Crippen LogP contribution in [0.5, 0.6) is 0 Å². The standard InChI is InChI=1S/C21H20FN3O4/c1-2-25-20(27)17-6-4-3-5-16(17)19(24-25)21(28)29-13-18(26)23-12-11-14-7-9-15(22)10-8-14/h3-10H,2,11-13H2,1H3,(H,23,26). The van der Waals surface area contributed by atoms with Crippen molar-refractivity contribution in [2.24, 2.45) is 0 Å². The highest BCUT2D eigenvalue weighted by molar-refractivity contribution is 6.02. The van der Waals surface area contributed by atoms with Crippen molar-refractivity contribution in [1.82, 2.24) is 15.1 Å². The highest BCUT2D eigenvalue weighted by Gasteiger charge is 2.18. The largest absolute Gasteiger partial charge is 0.451 e. The molecule has 3 rings (SSSR count). The minimum absolute atomic E-state index is 0.0128. The molecule has 150 valence electrons. The summed E-state index contributed by atoms with van der Waals surface area (Å²) in [7, 11) is 0. The Kier molecular flexibility index (Phi) is 6.33. The second-order valence-electron chi connectivity index (χ2n) is 6.32. The molecule has 3 aromatic rings. The van der Waals surface area contributed by atoms with Crippen molar-refractivity contribution in [2.75, 3.05) is 13.2 Å². The third-order valence-corrected chi connectivity index (χ3v) is 4.34. The molecule has 0 spiro atoms. The van der Waals surface area contributed by atoms with E-state index in [0.29, 0.717) is 30.3 Å². The van der Waals surface area contributed by atoms with Crippen LogP contribution >= 0.6 is 0 Å². The van der Waals surface area contributed by atoms with Crippen LogP contribution in [-0.4, -0.2) is 34.8 Å². The number of carbonyl (C=O) groups excluding carboxylic acids is 2. The Morgan fingerprint density at radius 2 is 1.79 bits per heavy atom. The monoisotopic (exact) mass is 397 g/mol. The molecule has 1 heterocycles. The van der Waals surface area contributed by atoms with Gasteiger partial charge in [0.05, 0.1) is 5.39 Å². The van der Waals surface area contributed by atoms with Crippen molar-refractivity contribution in [3.63, 3.8) is 0 Å². The first kappa shape index (κ1) is 20.2. The van der Waals surface area contributed by atoms with Crippen LogP contribution in [0.4, 0.5) is 4.39 Å². The molecular weight excluding hydrogens is 377 g/mol. The zero-order chi connectivity index (χ0) is 20.8. The van der Waals surface area contributed by atoms with Crippen molar-refractivity contribution in [1.29, 1.82) is 0 Å². The van der Waals surface area contributed by atoms with E-state index in [1.165, 1.54) is 16.8 Å². The van der Waals surface area contributed by atoms with Crippen molar-refractivity contribution < 1.29 is 18.7 Å². The van der Waals surface area contributed by atoms with E-state index >= 15 is 0 Å². The van der Waals surface area contributed by atoms with Crippen molar-refractivity contribution in [2.45, 2.75) is 19.9 Å². The maximum atomic E-state index is 12.9. The van der Waals surface area contributed by atoms with E-state index in [-0.39, 0.29) is 17.1 Å². The van der Waals surface area contributed by atoms with Gasteiger partial charge in [0.2, 0.25) is 0 Å². The summed E-state index contributed by atoms with van der Waals surface area (Å²) in [5, 5.41) is 7.45. The summed E-state index contributed by atoms with van der Waals surface area (Å²) in [6.45, 7) is 1.90. The number of hydrogen-bond donors (Lipinski definition) is 1. The number of fused-ring (bicyclic) bond motifs is 1. The average molecular weight is 397 g/mol. The molecule has 1 amide bonds. The fraction of sp³-hybridized carbons (Fsp3) is 0.238. The number of carbonyl (C=O) groups is 2. The maximum Gasteiger partial charge on any atom is 0.359 e. The van der Waals surface area contributed by atoms with Crippen LogP contribution in [0.1, 0.15) is 23.0 Å². The first-order valence-corrected chi connectivity index (χ1v) is 9.17. The number of nitrogens with one attached hydrogen (secondary N) is 1. The molecule has 0 fully saturated rings. The second-order valence-corrected chi connectivity index (χ2v) is 6.32. The molecule has 2 aromatic carbocycles. The number of benzene rings is 2. The molecule has 0 bridgehead atoms. The summed E-state index contributed by atoms with van der Waals surface area (Å²) in [5.74, 6) is -1.56. The van der Waals surface area contributed by atoms with Crippen LogP contribution in [0.25, 0.3) is 10.8 Å². The highest BCUT2D eigenvalue weighted by atomic mass is 19.1. The molecule has 0 unspecified atom stereocenters. The van der Waals surface area contributed by atoms with E-state index in [9.17, 15) is 18.8 Å². The van der Waals surface area contributed by atoms with Gasteiger partial charge < -0.3 is 10.1 Å². The van der Waals surface area contributed by atoms with Gasteiger partial charge in [0.1, 0.15) is 5.82 Å². The first-order chi connectivity index (χ1) is 14.0. The molecule has 1 aromatic heterocycles. The predicted molar refractivity (Wildman–Crippen MR) is 105 cm³/mol. The van der Waals surface area contributed by atoms with Gasteiger partial charge in [-0.2, -0.15) is 5.10 Å². The summed E-state index contributed by atoms with van der Waals surface area (Å²) in [6.07, 6.45) is 0.521. The van der Waals surface area contributed by atoms with Crippen LogP contribution in [0, 0.1) is 5.82 Å². The lowest BCUT2D eigenvalue weighted by atomic mass is 10.1. The lowest BCUT2D eigenvalue weighted by molar-refractivity contribution is -0.124. The van der Waals surface area contributed by atoms with Gasteiger partial charge in [0, 0.05) is 18.5 Å². The number of ether oxygens (including phenoxy) is 1. The number of aromatic nitrogens is 2. The van der Waals surface area contributed by atoms with E-state index in [1.54, 1.807) is 43.3 Å². The second kappa shape index (κ2) is 9.09. The zero-order valence-corrected chi connectivity index (χ0v) is 15.9. The Bertz CT molecular complexity index is 1090. The zero-order valence-electron chi connectivity index (χ0n) is 15.9. The lowest BCUT2D eigenvalue weighted by Crippen LogP contribution is -2.31. The first-order valence-electron chi connectivity index (χ1n) is 9.17. The average Bonchev–Trinajstić information content (AvgIpc) is 2.74. The quantitative estimate of drug-likeness (QED) is 0.617. The summed E-state index contributed by atoms with van der Waals surface area (Å²) in [4.78, 5) is 36.7. The maximum absolute atomic E-state index is 12.9. The molecule has 0 saturated carbocycles. The van der Waals surface area contributed by atoms with E-state index in [4.69, 9.17) is 4.74 Å². The number of hydrogen-bond acceptors (Lipinski definition) is 5. The Hall–Kier alpha value is -3.55. The van der Waals surface area contributed by atoms with Gasteiger partial charge >= 0.3 is 5.97 Å². The minimum atomic E-state index is -0.780. The number of amides is 1. The molecule has 0 aliphatic carbocycles. The number of nitrogens with zero attached hydrogens (tertiary/aromatic N) is 2. The molecule has 0 aliphatic heterocycles. The van der Waals surface area contributed by atoms with Crippen LogP contribution in [0.2, 0.25) is 0 Å². The van der Waals surface area contributed by atoms with E-state index in [0.717, 1.165) is 5.56 Å². The molecule has 29 heavy (non-hydrogen) atoms. The molecule has 1 N–H and O–H groups in total. The summed E-state index contributed by atoms with van der Waals surface area (Å²) >= 11 is 0. The molecule has 8 heteroatoms. The van der Waals surface area contributed by atoms with E-state index in [2.05, 4.69) is 10.4 Å². The summed E-state index contributed by atoms with van der Waals surface area (Å²) in [5.41, 5.74) is 0.570. The Labute approximate surface area is 166 Å². The van der Waals surface area contributed by atoms with Gasteiger partial charge in [-0.15, -0.1) is 0 Å². The molecule has 0 saturated heterocycles. The number of esters is 1. The topological polar surface area (TPSA) is 90.3 Å². The SMILES string of the molecule is CCn1nc(C(=O)OCC(=O)NCCc2ccc(F)cc2)c2ccccc2c1=O. The van der Waals surface area contributed by atoms with Crippen molar-refractivity contribution in [3.05, 3.63) is 76.0 Å². The number of rotatable bonds is 7. The number of aryl methyl sites for hydroxylation is 1. The summed E-state index contributed by atoms with van der Waals surface area (Å²) in [6, 6.07) is 12.6. The Morgan fingerprint density at radius 3 is 2.48 bits per heavy atom. The van der Waals surface area contributed by atoms with Crippen LogP contribution in [0.3, 0.4) is 0 Å². The number of halogens is 1. The van der Waals surface area contributed by atoms with Crippen molar-refractivity contribution in [3.8, 4) is 0 Å². The Balaban J connectivity index is 1.60. The molecule has 7 nitrogen and oxygen atoms in total. The van der Waals surface area contributed by atoms with Crippen molar-refractivity contribution >= 4 is 22.6 Å². The summed E-state index contributed by atoms with van der Waals surface area (Å²) < 4.78 is 19.1. The van der Waals surface area contributed by atoms with Gasteiger partial charge in [-0.1, -0.05) is 30.3 Å². The van der Waals surface area contributed by atoms with Gasteiger partial charge in [-0.05, 0) is 37.1 Å². The fourth-order valence-electron chi connectivity index (χ4n) is 2.85. The van der Waals surface area contributed by atoms with Crippen LogP contribution in [-0.2, 0) is 22.5 Å². The third-order valence-electron chi connectivity index (χ3n) is 4.34. The molecule has 0 radical (unpaired) electrons. The molecule has 0 aliphatic rings. The fourth-order valence-corrected chi connectivity index (χ4v) is 2.85. The Morgan fingerprint density at radius 1 is 1.10 bits per heavy atom.